The van der Waals surface area contributed by atoms with E-state index in [0.29, 0.717) is 12.4 Å². The van der Waals surface area contributed by atoms with Crippen LogP contribution in [0.3, 0.4) is 0 Å². The lowest BCUT2D eigenvalue weighted by Gasteiger charge is -2.13. The Morgan fingerprint density at radius 3 is 2.71 bits per heavy atom. The van der Waals surface area contributed by atoms with Crippen LogP contribution >= 0.6 is 0 Å². The highest BCUT2D eigenvalue weighted by atomic mass is 15.1. The maximum Gasteiger partial charge on any atom is 0.159 e. The summed E-state index contributed by atoms with van der Waals surface area (Å²) in [6.45, 7) is 6.74. The normalized spacial score (nSPS) is 12.7. The summed E-state index contributed by atoms with van der Waals surface area (Å²) in [5.74, 6) is 0.706. The van der Waals surface area contributed by atoms with Crippen molar-refractivity contribution in [1.82, 2.24) is 40.4 Å². The number of aromatic amines is 2. The van der Waals surface area contributed by atoms with Gasteiger partial charge in [-0.15, -0.1) is 0 Å². The summed E-state index contributed by atoms with van der Waals surface area (Å²) in [6.07, 6.45) is 11.6. The summed E-state index contributed by atoms with van der Waals surface area (Å²) < 4.78 is 0. The molecule has 0 unspecified atom stereocenters. The molecule has 35 heavy (non-hydrogen) atoms. The number of fused-ring (bicyclic) bond motifs is 2. The number of hydrogen-bond donors (Lipinski definition) is 4. The van der Waals surface area contributed by atoms with Crippen molar-refractivity contribution in [1.29, 1.82) is 0 Å². The highest BCUT2D eigenvalue weighted by molar-refractivity contribution is 5.95. The maximum atomic E-state index is 4.93. The molecular formula is C26H23N9. The first-order valence-corrected chi connectivity index (χ1v) is 11.4. The Labute approximate surface area is 201 Å². The lowest BCUT2D eigenvalue weighted by Crippen LogP contribution is -2.14. The van der Waals surface area contributed by atoms with Gasteiger partial charge in [-0.2, -0.15) is 5.10 Å². The number of anilines is 1. The smallest absolute Gasteiger partial charge is 0.159 e. The number of allylic oxidation sites excluding steroid dienone is 1. The zero-order chi connectivity index (χ0) is 23.8. The molecule has 0 fully saturated rings. The summed E-state index contributed by atoms with van der Waals surface area (Å²) in [7, 11) is 0. The fraction of sp³-hybridized carbons (Fsp3) is 0.115. The molecule has 0 spiro atoms. The molecule has 5 aromatic rings. The zero-order valence-corrected chi connectivity index (χ0v) is 19.1. The second-order valence-electron chi connectivity index (χ2n) is 8.36. The van der Waals surface area contributed by atoms with Gasteiger partial charge in [0.25, 0.3) is 0 Å². The summed E-state index contributed by atoms with van der Waals surface area (Å²) in [5, 5.41) is 15.3. The fourth-order valence-corrected chi connectivity index (χ4v) is 4.19. The van der Waals surface area contributed by atoms with Crippen LogP contribution in [0.2, 0.25) is 0 Å². The first-order valence-electron chi connectivity index (χ1n) is 11.4. The van der Waals surface area contributed by atoms with E-state index in [1.54, 1.807) is 18.6 Å². The largest absolute Gasteiger partial charge is 0.385 e. The van der Waals surface area contributed by atoms with Gasteiger partial charge in [-0.1, -0.05) is 19.6 Å². The van der Waals surface area contributed by atoms with Crippen LogP contribution in [-0.4, -0.2) is 35.1 Å². The standard InChI is InChI=1S/C26H23N9/c1-3-15(2)31-19-6-17(8-27-11-19)16-4-5-22-20(7-16)25(35-34-22)26-32-23-13-28-12-21(24(23)33-26)18-9-29-14-30-10-18/h4-12,14,28,31H,2-3,13H2,1H3,(H,32,33)(H,34,35). The van der Waals surface area contributed by atoms with Crippen LogP contribution in [-0.2, 0) is 6.54 Å². The van der Waals surface area contributed by atoms with Crippen LogP contribution < -0.4 is 10.6 Å². The Morgan fingerprint density at radius 2 is 1.86 bits per heavy atom. The molecule has 9 heteroatoms. The quantitative estimate of drug-likeness (QED) is 0.291. The van der Waals surface area contributed by atoms with Crippen LogP contribution in [0.4, 0.5) is 5.69 Å². The number of H-pyrrole nitrogens is 2. The molecule has 0 saturated heterocycles. The predicted octanol–water partition coefficient (Wildman–Crippen LogP) is 4.63. The van der Waals surface area contributed by atoms with Gasteiger partial charge >= 0.3 is 0 Å². The van der Waals surface area contributed by atoms with Crippen LogP contribution in [0.15, 0.2) is 73.9 Å². The second-order valence-corrected chi connectivity index (χ2v) is 8.36. The average Bonchev–Trinajstić information content (AvgIpc) is 3.53. The Bertz CT molecular complexity index is 1580. The van der Waals surface area contributed by atoms with Gasteiger partial charge in [0.1, 0.15) is 12.0 Å². The molecule has 0 bridgehead atoms. The van der Waals surface area contributed by atoms with E-state index in [1.807, 2.05) is 18.5 Å². The van der Waals surface area contributed by atoms with E-state index in [0.717, 1.165) is 68.1 Å². The first-order chi connectivity index (χ1) is 17.2. The van der Waals surface area contributed by atoms with Crippen LogP contribution in [0.1, 0.15) is 30.3 Å². The number of pyridine rings is 1. The molecule has 4 N–H and O–H groups in total. The molecule has 9 nitrogen and oxygen atoms in total. The monoisotopic (exact) mass is 461 g/mol. The van der Waals surface area contributed by atoms with Crippen molar-refractivity contribution in [3.63, 3.8) is 0 Å². The maximum absolute atomic E-state index is 4.93. The Hall–Kier alpha value is -4.79. The summed E-state index contributed by atoms with van der Waals surface area (Å²) in [4.78, 5) is 21.1. The van der Waals surface area contributed by atoms with Crippen LogP contribution in [0, 0.1) is 0 Å². The zero-order valence-electron chi connectivity index (χ0n) is 19.1. The van der Waals surface area contributed by atoms with E-state index in [9.17, 15) is 0 Å². The summed E-state index contributed by atoms with van der Waals surface area (Å²) in [6, 6.07) is 8.28. The molecule has 1 aliphatic heterocycles. The molecule has 1 aliphatic rings. The van der Waals surface area contributed by atoms with Gasteiger partial charge in [0.15, 0.2) is 5.82 Å². The number of hydrogen-bond acceptors (Lipinski definition) is 7. The van der Waals surface area contributed by atoms with Gasteiger partial charge in [0.05, 0.1) is 35.3 Å². The molecular weight excluding hydrogens is 438 g/mol. The summed E-state index contributed by atoms with van der Waals surface area (Å²) in [5.41, 5.74) is 9.32. The van der Waals surface area contributed by atoms with Crippen molar-refractivity contribution in [3.8, 4) is 22.6 Å². The highest BCUT2D eigenvalue weighted by Crippen LogP contribution is 2.33. The van der Waals surface area contributed by atoms with E-state index < -0.39 is 0 Å². The third kappa shape index (κ3) is 3.82. The SMILES string of the molecule is C=C(CC)Nc1cncc(-c2ccc3[nH]nc(-c4nc5c([nH]4)CNC=C5c4cncnc4)c3c2)c1. The number of benzene rings is 1. The van der Waals surface area contributed by atoms with Gasteiger partial charge in [-0.3, -0.25) is 10.1 Å². The minimum atomic E-state index is 0.654. The van der Waals surface area contributed by atoms with Gasteiger partial charge < -0.3 is 15.6 Å². The molecule has 0 saturated carbocycles. The average molecular weight is 462 g/mol. The molecule has 4 aromatic heterocycles. The third-order valence-electron chi connectivity index (χ3n) is 6.04. The van der Waals surface area contributed by atoms with Crippen molar-refractivity contribution < 1.29 is 0 Å². The first kappa shape index (κ1) is 20.8. The van der Waals surface area contributed by atoms with Gasteiger partial charge in [-0.25, -0.2) is 15.0 Å². The predicted molar refractivity (Wildman–Crippen MR) is 136 cm³/mol. The topological polar surface area (TPSA) is 120 Å². The lowest BCUT2D eigenvalue weighted by atomic mass is 10.0. The minimum absolute atomic E-state index is 0.654. The van der Waals surface area contributed by atoms with Gasteiger partial charge in [0.2, 0.25) is 0 Å². The minimum Gasteiger partial charge on any atom is -0.385 e. The third-order valence-corrected chi connectivity index (χ3v) is 6.04. The van der Waals surface area contributed by atoms with Crippen molar-refractivity contribution in [3.05, 3.63) is 90.8 Å². The van der Waals surface area contributed by atoms with Crippen molar-refractivity contribution in [2.45, 2.75) is 19.9 Å². The van der Waals surface area contributed by atoms with Crippen LogP contribution in [0.25, 0.3) is 39.1 Å². The van der Waals surface area contributed by atoms with Gasteiger partial charge in [-0.05, 0) is 30.2 Å². The van der Waals surface area contributed by atoms with Gasteiger partial charge in [0, 0.05) is 52.6 Å². The Kier molecular flexibility index (Phi) is 5.07. The summed E-state index contributed by atoms with van der Waals surface area (Å²) >= 11 is 0. The number of nitrogens with zero attached hydrogens (tertiary/aromatic N) is 5. The molecule has 5 heterocycles. The molecule has 1 aromatic carbocycles. The molecule has 0 radical (unpaired) electrons. The van der Waals surface area contributed by atoms with Crippen molar-refractivity contribution in [2.75, 3.05) is 5.32 Å². The lowest BCUT2D eigenvalue weighted by molar-refractivity contribution is 0.826. The molecule has 6 rings (SSSR count). The highest BCUT2D eigenvalue weighted by Gasteiger charge is 2.22. The molecule has 172 valence electrons. The number of imidazole rings is 1. The Balaban J connectivity index is 1.39. The van der Waals surface area contributed by atoms with Crippen molar-refractivity contribution in [2.24, 2.45) is 0 Å². The number of rotatable bonds is 6. The van der Waals surface area contributed by atoms with Crippen molar-refractivity contribution >= 4 is 22.2 Å². The van der Waals surface area contributed by atoms with E-state index in [4.69, 9.17) is 4.98 Å². The van der Waals surface area contributed by atoms with E-state index in [-0.39, 0.29) is 0 Å². The van der Waals surface area contributed by atoms with E-state index in [2.05, 4.69) is 72.5 Å². The second kappa shape index (κ2) is 8.53. The molecule has 0 aliphatic carbocycles. The molecule has 0 atom stereocenters. The fourth-order valence-electron chi connectivity index (χ4n) is 4.19. The van der Waals surface area contributed by atoms with E-state index >= 15 is 0 Å². The van der Waals surface area contributed by atoms with E-state index in [1.165, 1.54) is 6.33 Å². The molecule has 0 amide bonds. The number of aromatic nitrogens is 7. The number of nitrogens with one attached hydrogen (secondary N) is 4. The van der Waals surface area contributed by atoms with Crippen LogP contribution in [0.5, 0.6) is 0 Å². The Morgan fingerprint density at radius 1 is 1.00 bits per heavy atom.